The van der Waals surface area contributed by atoms with Crippen molar-refractivity contribution in [2.24, 2.45) is 11.8 Å². The number of piperidine rings is 1. The molecule has 2 unspecified atom stereocenters. The van der Waals surface area contributed by atoms with Crippen LogP contribution in [0.15, 0.2) is 0 Å². The van der Waals surface area contributed by atoms with E-state index >= 15 is 0 Å². The molecule has 4 nitrogen and oxygen atoms in total. The van der Waals surface area contributed by atoms with Crippen LogP contribution in [0.1, 0.15) is 47.0 Å². The Balaban J connectivity index is 2.46. The van der Waals surface area contributed by atoms with Crippen LogP contribution in [0.25, 0.3) is 0 Å². The number of rotatable bonds is 6. The first-order valence-electron chi connectivity index (χ1n) is 7.54. The fraction of sp³-hybridized carbons (Fsp3) is 0.933. The van der Waals surface area contributed by atoms with Gasteiger partial charge >= 0.3 is 0 Å². The predicted octanol–water partition coefficient (Wildman–Crippen LogP) is 1.63. The lowest BCUT2D eigenvalue weighted by atomic mass is 9.85. The van der Waals surface area contributed by atoms with E-state index in [-0.39, 0.29) is 5.91 Å². The van der Waals surface area contributed by atoms with Crippen molar-refractivity contribution >= 4 is 5.91 Å². The number of hydrogen-bond acceptors (Lipinski definition) is 3. The monoisotopic (exact) mass is 270 g/mol. The molecule has 0 spiro atoms. The summed E-state index contributed by atoms with van der Waals surface area (Å²) in [6.45, 7) is 10.9. The van der Waals surface area contributed by atoms with Gasteiger partial charge in [-0.3, -0.25) is 4.79 Å². The maximum Gasteiger partial charge on any atom is 0.222 e. The van der Waals surface area contributed by atoms with Crippen molar-refractivity contribution in [3.8, 4) is 0 Å². The van der Waals surface area contributed by atoms with Gasteiger partial charge in [-0.1, -0.05) is 6.92 Å². The summed E-state index contributed by atoms with van der Waals surface area (Å²) < 4.78 is 0. The molecule has 0 aromatic carbocycles. The Morgan fingerprint density at radius 1 is 1.53 bits per heavy atom. The van der Waals surface area contributed by atoms with Crippen LogP contribution in [-0.4, -0.2) is 47.7 Å². The molecule has 1 aliphatic rings. The van der Waals surface area contributed by atoms with Crippen LogP contribution in [0.5, 0.6) is 0 Å². The molecule has 1 amide bonds. The normalized spacial score (nSPS) is 22.1. The molecule has 0 saturated carbocycles. The lowest BCUT2D eigenvalue weighted by Crippen LogP contribution is -2.43. The van der Waals surface area contributed by atoms with E-state index in [1.165, 1.54) is 12.8 Å². The van der Waals surface area contributed by atoms with E-state index in [0.29, 0.717) is 31.3 Å². The SMILES string of the molecule is CCN(CC(C)(C)O)C(=O)CC(C)C1CCCNC1. The molecule has 0 aliphatic carbocycles. The maximum atomic E-state index is 12.3. The van der Waals surface area contributed by atoms with Crippen LogP contribution in [0, 0.1) is 11.8 Å². The lowest BCUT2D eigenvalue weighted by Gasteiger charge is -2.32. The average Bonchev–Trinajstić information content (AvgIpc) is 2.35. The van der Waals surface area contributed by atoms with Gasteiger partial charge in [0.1, 0.15) is 0 Å². The van der Waals surface area contributed by atoms with Crippen LogP contribution < -0.4 is 5.32 Å². The maximum absolute atomic E-state index is 12.3. The van der Waals surface area contributed by atoms with Gasteiger partial charge in [0.2, 0.25) is 5.91 Å². The van der Waals surface area contributed by atoms with E-state index in [2.05, 4.69) is 12.2 Å². The molecule has 4 heteroatoms. The molecule has 0 aromatic heterocycles. The zero-order chi connectivity index (χ0) is 14.5. The second-order valence-electron chi connectivity index (χ2n) is 6.51. The Morgan fingerprint density at radius 3 is 2.68 bits per heavy atom. The van der Waals surface area contributed by atoms with Crippen molar-refractivity contribution in [3.05, 3.63) is 0 Å². The minimum Gasteiger partial charge on any atom is -0.389 e. The smallest absolute Gasteiger partial charge is 0.222 e. The number of nitrogens with zero attached hydrogens (tertiary/aromatic N) is 1. The van der Waals surface area contributed by atoms with Crippen LogP contribution in [0.2, 0.25) is 0 Å². The van der Waals surface area contributed by atoms with Crippen LogP contribution in [0.3, 0.4) is 0 Å². The number of nitrogens with one attached hydrogen (secondary N) is 1. The predicted molar refractivity (Wildman–Crippen MR) is 77.9 cm³/mol. The van der Waals surface area contributed by atoms with Crippen molar-refractivity contribution in [1.29, 1.82) is 0 Å². The van der Waals surface area contributed by atoms with Crippen molar-refractivity contribution in [1.82, 2.24) is 10.2 Å². The molecule has 0 bridgehead atoms. The summed E-state index contributed by atoms with van der Waals surface area (Å²) in [6.07, 6.45) is 3.03. The molecule has 0 radical (unpaired) electrons. The number of likely N-dealkylation sites (N-methyl/N-ethyl adjacent to an activating group) is 1. The number of aliphatic hydroxyl groups is 1. The van der Waals surface area contributed by atoms with Crippen molar-refractivity contribution in [2.75, 3.05) is 26.2 Å². The first-order valence-corrected chi connectivity index (χ1v) is 7.54. The second kappa shape index (κ2) is 7.25. The minimum absolute atomic E-state index is 0.169. The largest absolute Gasteiger partial charge is 0.389 e. The van der Waals surface area contributed by atoms with Gasteiger partial charge in [0, 0.05) is 19.5 Å². The Morgan fingerprint density at radius 2 is 2.21 bits per heavy atom. The molecule has 1 heterocycles. The Hall–Kier alpha value is -0.610. The van der Waals surface area contributed by atoms with E-state index in [4.69, 9.17) is 0 Å². The number of carbonyl (C=O) groups excluding carboxylic acids is 1. The van der Waals surface area contributed by atoms with Gasteiger partial charge in [0.25, 0.3) is 0 Å². The van der Waals surface area contributed by atoms with E-state index < -0.39 is 5.60 Å². The van der Waals surface area contributed by atoms with E-state index in [1.54, 1.807) is 18.7 Å². The molecular weight excluding hydrogens is 240 g/mol. The summed E-state index contributed by atoms with van der Waals surface area (Å²) in [5, 5.41) is 13.3. The van der Waals surface area contributed by atoms with Crippen molar-refractivity contribution in [2.45, 2.75) is 52.6 Å². The van der Waals surface area contributed by atoms with Gasteiger partial charge in [0.05, 0.1) is 5.60 Å². The summed E-state index contributed by atoms with van der Waals surface area (Å²) in [5.41, 5.74) is -0.818. The fourth-order valence-electron chi connectivity index (χ4n) is 2.78. The van der Waals surface area contributed by atoms with Gasteiger partial charge < -0.3 is 15.3 Å². The first-order chi connectivity index (χ1) is 8.83. The summed E-state index contributed by atoms with van der Waals surface area (Å²) in [7, 11) is 0. The van der Waals surface area contributed by atoms with Gasteiger partial charge in [-0.2, -0.15) is 0 Å². The number of carbonyl (C=O) groups is 1. The third kappa shape index (κ3) is 5.91. The van der Waals surface area contributed by atoms with Crippen LogP contribution in [-0.2, 0) is 4.79 Å². The summed E-state index contributed by atoms with van der Waals surface area (Å²) >= 11 is 0. The summed E-state index contributed by atoms with van der Waals surface area (Å²) in [6, 6.07) is 0. The third-order valence-electron chi connectivity index (χ3n) is 3.95. The summed E-state index contributed by atoms with van der Waals surface area (Å²) in [5.74, 6) is 1.19. The second-order valence-corrected chi connectivity index (χ2v) is 6.51. The highest BCUT2D eigenvalue weighted by atomic mass is 16.3. The lowest BCUT2D eigenvalue weighted by molar-refractivity contribution is -0.135. The van der Waals surface area contributed by atoms with E-state index in [0.717, 1.165) is 13.1 Å². The van der Waals surface area contributed by atoms with Crippen molar-refractivity contribution < 1.29 is 9.90 Å². The Kier molecular flexibility index (Phi) is 6.27. The van der Waals surface area contributed by atoms with Gasteiger partial charge in [-0.25, -0.2) is 0 Å². The third-order valence-corrected chi connectivity index (χ3v) is 3.95. The molecule has 0 aromatic rings. The topological polar surface area (TPSA) is 52.6 Å². The zero-order valence-corrected chi connectivity index (χ0v) is 12.9. The van der Waals surface area contributed by atoms with E-state index in [1.807, 2.05) is 6.92 Å². The first kappa shape index (κ1) is 16.4. The molecule has 112 valence electrons. The van der Waals surface area contributed by atoms with Gasteiger partial charge in [-0.05, 0) is 58.5 Å². The molecule has 1 aliphatic heterocycles. The van der Waals surface area contributed by atoms with Crippen molar-refractivity contribution in [3.63, 3.8) is 0 Å². The quantitative estimate of drug-likeness (QED) is 0.771. The van der Waals surface area contributed by atoms with Gasteiger partial charge in [-0.15, -0.1) is 0 Å². The molecule has 2 N–H and O–H groups in total. The molecule has 1 fully saturated rings. The standard InChI is InChI=1S/C15H30N2O2/c1-5-17(11-15(3,4)19)14(18)9-12(2)13-7-6-8-16-10-13/h12-13,16,19H,5-11H2,1-4H3. The Bertz CT molecular complexity index is 280. The highest BCUT2D eigenvalue weighted by molar-refractivity contribution is 5.76. The summed E-state index contributed by atoms with van der Waals surface area (Å²) in [4.78, 5) is 14.1. The average molecular weight is 270 g/mol. The molecule has 1 saturated heterocycles. The molecule has 19 heavy (non-hydrogen) atoms. The van der Waals surface area contributed by atoms with Crippen LogP contribution in [0.4, 0.5) is 0 Å². The Labute approximate surface area is 117 Å². The molecule has 2 atom stereocenters. The number of amides is 1. The molecular formula is C15H30N2O2. The molecule has 1 rings (SSSR count). The van der Waals surface area contributed by atoms with Gasteiger partial charge in [0.15, 0.2) is 0 Å². The fourth-order valence-corrected chi connectivity index (χ4v) is 2.78. The zero-order valence-electron chi connectivity index (χ0n) is 12.9. The van der Waals surface area contributed by atoms with E-state index in [9.17, 15) is 9.90 Å². The number of hydrogen-bond donors (Lipinski definition) is 2. The minimum atomic E-state index is -0.818. The van der Waals surface area contributed by atoms with Crippen LogP contribution >= 0.6 is 0 Å². The highest BCUT2D eigenvalue weighted by Gasteiger charge is 2.26. The highest BCUT2D eigenvalue weighted by Crippen LogP contribution is 2.23.